The number of nitriles is 1. The van der Waals surface area contributed by atoms with E-state index in [1.54, 1.807) is 31.2 Å². The van der Waals surface area contributed by atoms with Crippen molar-refractivity contribution in [1.29, 1.82) is 5.26 Å². The zero-order valence-corrected chi connectivity index (χ0v) is 11.8. The average Bonchev–Trinajstić information content (AvgIpc) is 2.47. The van der Waals surface area contributed by atoms with Crippen LogP contribution < -0.4 is 10.1 Å². The van der Waals surface area contributed by atoms with Crippen LogP contribution in [0.2, 0.25) is 0 Å². The molecule has 1 amide bonds. The lowest BCUT2D eigenvalue weighted by Gasteiger charge is -2.20. The Balaban J connectivity index is 2.54. The van der Waals surface area contributed by atoms with Crippen LogP contribution >= 0.6 is 0 Å². The number of rotatable bonds is 7. The number of hydrogen-bond acceptors (Lipinski definition) is 4. The van der Waals surface area contributed by atoms with Crippen molar-refractivity contribution < 1.29 is 14.6 Å². The molecule has 20 heavy (non-hydrogen) atoms. The van der Waals surface area contributed by atoms with E-state index in [-0.39, 0.29) is 18.6 Å². The number of benzene rings is 1. The minimum atomic E-state index is -0.629. The van der Waals surface area contributed by atoms with Crippen LogP contribution in [0.3, 0.4) is 0 Å². The zero-order chi connectivity index (χ0) is 15.0. The lowest BCUT2D eigenvalue weighted by Crippen LogP contribution is -2.42. The second kappa shape index (κ2) is 8.18. The molecule has 0 spiro atoms. The van der Waals surface area contributed by atoms with Gasteiger partial charge in [0.25, 0.3) is 5.91 Å². The van der Waals surface area contributed by atoms with Gasteiger partial charge in [0.05, 0.1) is 11.6 Å². The molecule has 0 aromatic heterocycles. The molecule has 0 aliphatic heterocycles. The first-order valence-electron chi connectivity index (χ1n) is 6.68. The number of aliphatic hydroxyl groups excluding tert-OH is 1. The van der Waals surface area contributed by atoms with Gasteiger partial charge in [-0.25, -0.2) is 0 Å². The quantitative estimate of drug-likeness (QED) is 0.792. The highest BCUT2D eigenvalue weighted by Crippen LogP contribution is 2.13. The van der Waals surface area contributed by atoms with Gasteiger partial charge in [-0.2, -0.15) is 5.26 Å². The lowest BCUT2D eigenvalue weighted by atomic mass is 10.1. The average molecular weight is 276 g/mol. The number of carbonyl (C=O) groups excluding carboxylic acids is 1. The Labute approximate surface area is 119 Å². The molecule has 0 heterocycles. The molecule has 0 saturated carbocycles. The SMILES string of the molecule is CCC(CCO)NC(=O)C(C)Oc1ccc(C#N)cc1. The number of amides is 1. The maximum atomic E-state index is 11.9. The van der Waals surface area contributed by atoms with Gasteiger partial charge in [0.15, 0.2) is 6.10 Å². The smallest absolute Gasteiger partial charge is 0.260 e. The molecule has 0 bridgehead atoms. The normalized spacial score (nSPS) is 13.1. The summed E-state index contributed by atoms with van der Waals surface area (Å²) in [5.41, 5.74) is 0.545. The van der Waals surface area contributed by atoms with Crippen LogP contribution in [0.1, 0.15) is 32.3 Å². The number of nitrogens with one attached hydrogen (secondary N) is 1. The van der Waals surface area contributed by atoms with E-state index in [4.69, 9.17) is 15.1 Å². The third-order valence-corrected chi connectivity index (χ3v) is 2.98. The van der Waals surface area contributed by atoms with Crippen molar-refractivity contribution in [2.24, 2.45) is 0 Å². The van der Waals surface area contributed by atoms with E-state index in [2.05, 4.69) is 5.32 Å². The maximum absolute atomic E-state index is 11.9. The molecule has 5 nitrogen and oxygen atoms in total. The molecular formula is C15H20N2O3. The van der Waals surface area contributed by atoms with E-state index in [1.807, 2.05) is 13.0 Å². The molecule has 2 atom stereocenters. The van der Waals surface area contributed by atoms with Crippen LogP contribution in [0.4, 0.5) is 0 Å². The summed E-state index contributed by atoms with van der Waals surface area (Å²) in [5, 5.41) is 20.4. The highest BCUT2D eigenvalue weighted by Gasteiger charge is 2.17. The van der Waals surface area contributed by atoms with E-state index in [0.29, 0.717) is 17.7 Å². The van der Waals surface area contributed by atoms with Crippen LogP contribution in [0, 0.1) is 11.3 Å². The zero-order valence-electron chi connectivity index (χ0n) is 11.8. The van der Waals surface area contributed by atoms with Gasteiger partial charge in [0, 0.05) is 12.6 Å². The molecular weight excluding hydrogens is 256 g/mol. The van der Waals surface area contributed by atoms with E-state index < -0.39 is 6.10 Å². The summed E-state index contributed by atoms with van der Waals surface area (Å²) in [4.78, 5) is 11.9. The Kier molecular flexibility index (Phi) is 6.54. The van der Waals surface area contributed by atoms with Crippen LogP contribution in [0.15, 0.2) is 24.3 Å². The van der Waals surface area contributed by atoms with Gasteiger partial charge in [-0.3, -0.25) is 4.79 Å². The van der Waals surface area contributed by atoms with E-state index >= 15 is 0 Å². The van der Waals surface area contributed by atoms with Gasteiger partial charge in [0.2, 0.25) is 0 Å². The Morgan fingerprint density at radius 1 is 1.45 bits per heavy atom. The van der Waals surface area contributed by atoms with Crippen molar-refractivity contribution in [1.82, 2.24) is 5.32 Å². The number of nitrogens with zero attached hydrogens (tertiary/aromatic N) is 1. The molecule has 0 fully saturated rings. The number of hydrogen-bond donors (Lipinski definition) is 2. The predicted molar refractivity (Wildman–Crippen MR) is 75.2 cm³/mol. The maximum Gasteiger partial charge on any atom is 0.260 e. The monoisotopic (exact) mass is 276 g/mol. The fourth-order valence-corrected chi connectivity index (χ4v) is 1.72. The van der Waals surface area contributed by atoms with E-state index in [0.717, 1.165) is 6.42 Å². The van der Waals surface area contributed by atoms with Gasteiger partial charge < -0.3 is 15.2 Å². The van der Waals surface area contributed by atoms with Gasteiger partial charge >= 0.3 is 0 Å². The first-order chi connectivity index (χ1) is 9.60. The van der Waals surface area contributed by atoms with Crippen molar-refractivity contribution in [3.8, 4) is 11.8 Å². The lowest BCUT2D eigenvalue weighted by molar-refractivity contribution is -0.128. The fourth-order valence-electron chi connectivity index (χ4n) is 1.72. The number of aliphatic hydroxyl groups is 1. The Morgan fingerprint density at radius 3 is 2.60 bits per heavy atom. The minimum absolute atomic E-state index is 0.0421. The van der Waals surface area contributed by atoms with Crippen LogP contribution in [-0.2, 0) is 4.79 Å². The number of carbonyl (C=O) groups is 1. The van der Waals surface area contributed by atoms with E-state index in [1.165, 1.54) is 0 Å². The Bertz CT molecular complexity index is 465. The summed E-state index contributed by atoms with van der Waals surface area (Å²) in [6.07, 6.45) is 0.664. The van der Waals surface area contributed by atoms with Crippen LogP contribution in [0.25, 0.3) is 0 Å². The van der Waals surface area contributed by atoms with Crippen molar-refractivity contribution in [2.45, 2.75) is 38.8 Å². The summed E-state index contributed by atoms with van der Waals surface area (Å²) in [5.74, 6) is 0.330. The van der Waals surface area contributed by atoms with Gasteiger partial charge in [-0.1, -0.05) is 6.92 Å². The largest absolute Gasteiger partial charge is 0.481 e. The molecule has 2 unspecified atom stereocenters. The predicted octanol–water partition coefficient (Wildman–Crippen LogP) is 1.60. The highest BCUT2D eigenvalue weighted by atomic mass is 16.5. The van der Waals surface area contributed by atoms with Gasteiger partial charge in [-0.15, -0.1) is 0 Å². The summed E-state index contributed by atoms with van der Waals surface area (Å²) in [6, 6.07) is 8.58. The summed E-state index contributed by atoms with van der Waals surface area (Å²) in [6.45, 7) is 3.66. The van der Waals surface area contributed by atoms with Crippen molar-refractivity contribution in [2.75, 3.05) is 6.61 Å². The van der Waals surface area contributed by atoms with Gasteiger partial charge in [0.1, 0.15) is 5.75 Å². The second-order valence-electron chi connectivity index (χ2n) is 4.52. The topological polar surface area (TPSA) is 82.3 Å². The second-order valence-corrected chi connectivity index (χ2v) is 4.52. The molecule has 0 radical (unpaired) electrons. The van der Waals surface area contributed by atoms with Crippen LogP contribution in [0.5, 0.6) is 5.75 Å². The Morgan fingerprint density at radius 2 is 2.10 bits per heavy atom. The first-order valence-corrected chi connectivity index (χ1v) is 6.68. The van der Waals surface area contributed by atoms with Crippen molar-refractivity contribution in [3.63, 3.8) is 0 Å². The molecule has 108 valence electrons. The van der Waals surface area contributed by atoms with E-state index in [9.17, 15) is 4.79 Å². The first kappa shape index (κ1) is 16.0. The molecule has 1 aromatic carbocycles. The fraction of sp³-hybridized carbons (Fsp3) is 0.467. The summed E-state index contributed by atoms with van der Waals surface area (Å²) >= 11 is 0. The molecule has 0 saturated heterocycles. The summed E-state index contributed by atoms with van der Waals surface area (Å²) < 4.78 is 5.52. The van der Waals surface area contributed by atoms with Crippen molar-refractivity contribution >= 4 is 5.91 Å². The van der Waals surface area contributed by atoms with Crippen LogP contribution in [-0.4, -0.2) is 29.8 Å². The highest BCUT2D eigenvalue weighted by molar-refractivity contribution is 5.81. The standard InChI is InChI=1S/C15H20N2O3/c1-3-13(8-9-18)17-15(19)11(2)20-14-6-4-12(10-16)5-7-14/h4-7,11,13,18H,3,8-9H2,1-2H3,(H,17,19). The molecule has 1 rings (SSSR count). The van der Waals surface area contributed by atoms with Gasteiger partial charge in [-0.05, 0) is 44.0 Å². The summed E-state index contributed by atoms with van der Waals surface area (Å²) in [7, 11) is 0. The molecule has 5 heteroatoms. The Hall–Kier alpha value is -2.06. The molecule has 0 aliphatic rings. The molecule has 1 aromatic rings. The van der Waals surface area contributed by atoms with Crippen molar-refractivity contribution in [3.05, 3.63) is 29.8 Å². The third-order valence-electron chi connectivity index (χ3n) is 2.98. The third kappa shape index (κ3) is 4.90. The molecule has 0 aliphatic carbocycles. The minimum Gasteiger partial charge on any atom is -0.481 e. The molecule has 2 N–H and O–H groups in total. The number of ether oxygens (including phenoxy) is 1.